The smallest absolute Gasteiger partial charge is 0.266 e. The maximum absolute atomic E-state index is 14.2. The Morgan fingerprint density at radius 3 is 2.38 bits per heavy atom. The Bertz CT molecular complexity index is 1710. The second kappa shape index (κ2) is 10.7. The highest BCUT2D eigenvalue weighted by molar-refractivity contribution is 9.10. The Balaban J connectivity index is 1.58. The van der Waals surface area contributed by atoms with Gasteiger partial charge in [0.25, 0.3) is 15.9 Å². The molecule has 1 amide bonds. The average molecular weight is 642 g/mol. The van der Waals surface area contributed by atoms with E-state index in [2.05, 4.69) is 29.8 Å². The Morgan fingerprint density at radius 2 is 1.70 bits per heavy atom. The fourth-order valence-corrected chi connectivity index (χ4v) is 7.79. The summed E-state index contributed by atoms with van der Waals surface area (Å²) in [6.45, 7) is 6.61. The highest BCUT2D eigenvalue weighted by Crippen LogP contribution is 2.47. The van der Waals surface area contributed by atoms with E-state index < -0.39 is 15.8 Å². The van der Waals surface area contributed by atoms with E-state index in [1.807, 2.05) is 37.3 Å². The molecule has 0 aliphatic carbocycles. The maximum atomic E-state index is 14.2. The number of benzene rings is 4. The Hall–Kier alpha value is -3.20. The van der Waals surface area contributed by atoms with Gasteiger partial charge in [-0.1, -0.05) is 61.8 Å². The van der Waals surface area contributed by atoms with Crippen LogP contribution in [0.1, 0.15) is 40.9 Å². The van der Waals surface area contributed by atoms with Crippen molar-refractivity contribution in [2.45, 2.75) is 37.6 Å². The normalized spacial score (nSPS) is 14.2. The minimum Gasteiger partial charge on any atom is -0.306 e. The first-order valence-corrected chi connectivity index (χ1v) is 15.2. The molecule has 206 valence electrons. The molecule has 5 rings (SSSR count). The molecule has 4 aromatic rings. The number of rotatable bonds is 6. The second-order valence-electron chi connectivity index (χ2n) is 10.5. The minimum atomic E-state index is -4.27. The van der Waals surface area contributed by atoms with Gasteiger partial charge in [-0.25, -0.2) is 12.8 Å². The zero-order valence-electron chi connectivity index (χ0n) is 22.2. The molecule has 0 atom stereocenters. The number of aryl methyl sites for hydroxylation is 1. The number of hydrogen-bond donors (Lipinski definition) is 0. The Labute approximate surface area is 247 Å². The van der Waals surface area contributed by atoms with Crippen molar-refractivity contribution in [3.8, 4) is 0 Å². The highest BCUT2D eigenvalue weighted by atomic mass is 79.9. The van der Waals surface area contributed by atoms with Crippen LogP contribution in [-0.4, -0.2) is 20.9 Å². The number of hydrogen-bond acceptors (Lipinski definition) is 3. The first kappa shape index (κ1) is 28.3. The van der Waals surface area contributed by atoms with Crippen LogP contribution in [-0.2, 0) is 22.0 Å². The van der Waals surface area contributed by atoms with Crippen LogP contribution in [0.2, 0.25) is 5.02 Å². The average Bonchev–Trinajstić information content (AvgIpc) is 3.22. The number of anilines is 2. The quantitative estimate of drug-likeness (QED) is 0.215. The van der Waals surface area contributed by atoms with E-state index in [1.54, 1.807) is 17.0 Å². The summed E-state index contributed by atoms with van der Waals surface area (Å²) in [7, 11) is -4.27. The summed E-state index contributed by atoms with van der Waals surface area (Å²) in [4.78, 5) is 15.4. The molecule has 1 heterocycles. The lowest BCUT2D eigenvalue weighted by Crippen LogP contribution is -2.34. The van der Waals surface area contributed by atoms with Crippen LogP contribution in [0.5, 0.6) is 0 Å². The van der Waals surface area contributed by atoms with E-state index in [9.17, 15) is 17.6 Å². The largest absolute Gasteiger partial charge is 0.306 e. The lowest BCUT2D eigenvalue weighted by Gasteiger charge is -2.26. The van der Waals surface area contributed by atoms with Gasteiger partial charge >= 0.3 is 0 Å². The highest BCUT2D eigenvalue weighted by Gasteiger charge is 2.41. The van der Waals surface area contributed by atoms with Crippen molar-refractivity contribution in [3.63, 3.8) is 0 Å². The van der Waals surface area contributed by atoms with Crippen molar-refractivity contribution in [2.24, 2.45) is 0 Å². The molecular weight excluding hydrogens is 615 g/mol. The summed E-state index contributed by atoms with van der Waals surface area (Å²) in [6, 6.07) is 22.5. The Kier molecular flexibility index (Phi) is 7.54. The van der Waals surface area contributed by atoms with E-state index in [-0.39, 0.29) is 39.0 Å². The predicted octanol–water partition coefficient (Wildman–Crippen LogP) is 7.88. The number of sulfonamides is 1. The van der Waals surface area contributed by atoms with E-state index in [0.717, 1.165) is 26.9 Å². The van der Waals surface area contributed by atoms with Crippen LogP contribution < -0.4 is 9.21 Å². The number of carbonyl (C=O) groups is 1. The summed E-state index contributed by atoms with van der Waals surface area (Å²) >= 11 is 10.1. The molecule has 0 fully saturated rings. The Morgan fingerprint density at radius 1 is 1.02 bits per heavy atom. The number of fused-ring (bicyclic) bond motifs is 1. The molecule has 40 heavy (non-hydrogen) atoms. The molecule has 1 aliphatic rings. The first-order chi connectivity index (χ1) is 18.9. The minimum absolute atomic E-state index is 0.0107. The predicted molar refractivity (Wildman–Crippen MR) is 161 cm³/mol. The van der Waals surface area contributed by atoms with Gasteiger partial charge in [0.15, 0.2) is 0 Å². The molecule has 4 aromatic carbocycles. The molecule has 0 saturated carbocycles. The SMILES string of the molecule is Cc1ccc(Br)c2c1C(C)(C)CN2C(=O)c1ccc(Cl)c(S(=O)(=O)N(Cc2ccccc2)c2ccc(F)cc2)c1. The van der Waals surface area contributed by atoms with Crippen LogP contribution in [0, 0.1) is 12.7 Å². The third-order valence-corrected chi connectivity index (χ3v) is 10.0. The zero-order chi connectivity index (χ0) is 28.8. The van der Waals surface area contributed by atoms with E-state index >= 15 is 0 Å². The summed E-state index contributed by atoms with van der Waals surface area (Å²) in [5.74, 6) is -0.815. The van der Waals surface area contributed by atoms with E-state index in [4.69, 9.17) is 11.6 Å². The summed E-state index contributed by atoms with van der Waals surface area (Å²) in [5, 5.41) is -0.0177. The lowest BCUT2D eigenvalue weighted by molar-refractivity contribution is 0.0985. The van der Waals surface area contributed by atoms with Gasteiger partial charge in [0.2, 0.25) is 0 Å². The van der Waals surface area contributed by atoms with Crippen LogP contribution in [0.25, 0.3) is 0 Å². The molecule has 0 spiro atoms. The number of amides is 1. The van der Waals surface area contributed by atoms with Crippen molar-refractivity contribution >= 4 is 54.8 Å². The van der Waals surface area contributed by atoms with Crippen LogP contribution in [0.3, 0.4) is 0 Å². The van der Waals surface area contributed by atoms with Gasteiger partial charge in [-0.15, -0.1) is 0 Å². The standard InChI is InChI=1S/C31H27BrClFN2O3S/c1-20-9-15-25(32)29-28(20)31(2,3)19-35(29)30(37)22-10-16-26(33)27(17-22)40(38,39)36(18-21-7-5-4-6-8-21)24-13-11-23(34)12-14-24/h4-17H,18-19H2,1-3H3. The summed E-state index contributed by atoms with van der Waals surface area (Å²) < 4.78 is 44.0. The van der Waals surface area contributed by atoms with Crippen LogP contribution in [0.4, 0.5) is 15.8 Å². The van der Waals surface area contributed by atoms with Gasteiger partial charge in [-0.05, 0) is 88.1 Å². The molecule has 0 unspecified atom stereocenters. The number of halogens is 3. The molecular formula is C31H27BrClFN2O3S. The fourth-order valence-electron chi connectivity index (χ4n) is 5.29. The molecule has 0 N–H and O–H groups in total. The lowest BCUT2D eigenvalue weighted by atomic mass is 9.84. The summed E-state index contributed by atoms with van der Waals surface area (Å²) in [6.07, 6.45) is 0. The third kappa shape index (κ3) is 5.16. The van der Waals surface area contributed by atoms with Crippen LogP contribution in [0.15, 0.2) is 94.3 Å². The van der Waals surface area contributed by atoms with Crippen molar-refractivity contribution in [2.75, 3.05) is 15.7 Å². The van der Waals surface area contributed by atoms with Gasteiger partial charge in [0.1, 0.15) is 10.7 Å². The maximum Gasteiger partial charge on any atom is 0.266 e. The molecule has 0 radical (unpaired) electrons. The van der Waals surface area contributed by atoms with Crippen molar-refractivity contribution in [1.29, 1.82) is 0 Å². The first-order valence-electron chi connectivity index (χ1n) is 12.6. The fraction of sp³-hybridized carbons (Fsp3) is 0.194. The summed E-state index contributed by atoms with van der Waals surface area (Å²) in [5.41, 5.74) is 3.83. The van der Waals surface area contributed by atoms with E-state index in [0.29, 0.717) is 6.54 Å². The van der Waals surface area contributed by atoms with Gasteiger partial charge in [0, 0.05) is 22.0 Å². The third-order valence-electron chi connectivity index (χ3n) is 7.11. The van der Waals surface area contributed by atoms with Gasteiger partial charge in [-0.3, -0.25) is 9.10 Å². The molecule has 0 aromatic heterocycles. The molecule has 0 saturated heterocycles. The van der Waals surface area contributed by atoms with Crippen molar-refractivity contribution in [3.05, 3.63) is 122 Å². The monoisotopic (exact) mass is 640 g/mol. The second-order valence-corrected chi connectivity index (χ2v) is 13.6. The number of carbonyl (C=O) groups excluding carboxylic acids is 1. The van der Waals surface area contributed by atoms with Crippen molar-refractivity contribution in [1.82, 2.24) is 0 Å². The number of nitrogens with zero attached hydrogens (tertiary/aromatic N) is 2. The van der Waals surface area contributed by atoms with Gasteiger partial charge in [-0.2, -0.15) is 0 Å². The van der Waals surface area contributed by atoms with Gasteiger partial charge < -0.3 is 4.90 Å². The van der Waals surface area contributed by atoms with Crippen LogP contribution >= 0.6 is 27.5 Å². The van der Waals surface area contributed by atoms with Crippen molar-refractivity contribution < 1.29 is 17.6 Å². The van der Waals surface area contributed by atoms with Gasteiger partial charge in [0.05, 0.1) is 22.9 Å². The molecule has 1 aliphatic heterocycles. The molecule has 9 heteroatoms. The zero-order valence-corrected chi connectivity index (χ0v) is 25.3. The topological polar surface area (TPSA) is 57.7 Å². The molecule has 0 bridgehead atoms. The van der Waals surface area contributed by atoms with E-state index in [1.165, 1.54) is 46.8 Å². The molecule has 5 nitrogen and oxygen atoms in total.